The van der Waals surface area contributed by atoms with Crippen LogP contribution < -0.4 is 4.74 Å². The van der Waals surface area contributed by atoms with Gasteiger partial charge in [0.15, 0.2) is 6.61 Å². The summed E-state index contributed by atoms with van der Waals surface area (Å²) in [6, 6.07) is 5.37. The van der Waals surface area contributed by atoms with Gasteiger partial charge in [0.1, 0.15) is 12.4 Å². The SMILES string of the molecule is CC1CC(C)CN(C(=O)COC(=O)C2COc3ccc(Cl)cc3C2)C1. The smallest absolute Gasteiger partial charge is 0.313 e. The second kappa shape index (κ2) is 7.65. The molecule has 0 aromatic heterocycles. The third-order valence-corrected chi connectivity index (χ3v) is 5.06. The van der Waals surface area contributed by atoms with Crippen LogP contribution in [0.15, 0.2) is 18.2 Å². The maximum absolute atomic E-state index is 12.3. The number of halogens is 1. The first kappa shape index (κ1) is 18.1. The average Bonchev–Trinajstić information content (AvgIpc) is 2.57. The lowest BCUT2D eigenvalue weighted by Crippen LogP contribution is -2.44. The van der Waals surface area contributed by atoms with Crippen molar-refractivity contribution >= 4 is 23.5 Å². The molecular formula is C19H24ClNO4. The molecule has 1 aromatic carbocycles. The standard InChI is InChI=1S/C19H24ClNO4/c1-12-5-13(2)9-21(8-12)18(22)11-25-19(23)15-6-14-7-16(20)3-4-17(14)24-10-15/h3-4,7,12-13,15H,5-6,8-11H2,1-2H3. The summed E-state index contributed by atoms with van der Waals surface area (Å²) >= 11 is 5.99. The predicted octanol–water partition coefficient (Wildman–Crippen LogP) is 2.94. The van der Waals surface area contributed by atoms with Crippen LogP contribution in [0, 0.1) is 17.8 Å². The van der Waals surface area contributed by atoms with Crippen LogP contribution in [0.4, 0.5) is 0 Å². The number of piperidine rings is 1. The Morgan fingerprint density at radius 2 is 2.00 bits per heavy atom. The summed E-state index contributed by atoms with van der Waals surface area (Å²) in [5.74, 6) is 0.801. The summed E-state index contributed by atoms with van der Waals surface area (Å²) in [6.07, 6.45) is 1.64. The lowest BCUT2D eigenvalue weighted by Gasteiger charge is -2.35. The van der Waals surface area contributed by atoms with Gasteiger partial charge in [0.25, 0.3) is 5.91 Å². The highest BCUT2D eigenvalue weighted by Gasteiger charge is 2.30. The van der Waals surface area contributed by atoms with Crippen molar-refractivity contribution in [3.05, 3.63) is 28.8 Å². The van der Waals surface area contributed by atoms with Gasteiger partial charge in [0.2, 0.25) is 0 Å². The summed E-state index contributed by atoms with van der Waals surface area (Å²) in [5, 5.41) is 0.611. The number of rotatable bonds is 3. The Hall–Kier alpha value is -1.75. The number of carbonyl (C=O) groups is 2. The fourth-order valence-corrected chi connectivity index (χ4v) is 3.92. The van der Waals surface area contributed by atoms with E-state index in [1.54, 1.807) is 23.1 Å². The van der Waals surface area contributed by atoms with E-state index in [-0.39, 0.29) is 19.1 Å². The maximum Gasteiger partial charge on any atom is 0.313 e. The van der Waals surface area contributed by atoms with Gasteiger partial charge in [-0.05, 0) is 48.4 Å². The van der Waals surface area contributed by atoms with E-state index in [1.165, 1.54) is 0 Å². The van der Waals surface area contributed by atoms with Crippen LogP contribution in [0.3, 0.4) is 0 Å². The van der Waals surface area contributed by atoms with Gasteiger partial charge in [-0.1, -0.05) is 25.4 Å². The third-order valence-electron chi connectivity index (χ3n) is 4.82. The molecule has 1 fully saturated rings. The summed E-state index contributed by atoms with van der Waals surface area (Å²) in [5.41, 5.74) is 0.894. The number of ether oxygens (including phenoxy) is 2. The molecule has 25 heavy (non-hydrogen) atoms. The molecule has 5 nitrogen and oxygen atoms in total. The summed E-state index contributed by atoms with van der Waals surface area (Å²) in [4.78, 5) is 26.4. The van der Waals surface area contributed by atoms with Crippen LogP contribution in [-0.2, 0) is 20.7 Å². The molecule has 136 valence electrons. The summed E-state index contributed by atoms with van der Waals surface area (Å²) in [7, 11) is 0. The Bertz CT molecular complexity index is 653. The van der Waals surface area contributed by atoms with Crippen LogP contribution >= 0.6 is 11.6 Å². The van der Waals surface area contributed by atoms with Crippen molar-refractivity contribution in [2.24, 2.45) is 17.8 Å². The minimum Gasteiger partial charge on any atom is -0.492 e. The molecule has 0 aliphatic carbocycles. The van der Waals surface area contributed by atoms with E-state index in [9.17, 15) is 9.59 Å². The monoisotopic (exact) mass is 365 g/mol. The van der Waals surface area contributed by atoms with Gasteiger partial charge in [0.05, 0.1) is 5.92 Å². The van der Waals surface area contributed by atoms with Crippen molar-refractivity contribution in [3.8, 4) is 5.75 Å². The van der Waals surface area contributed by atoms with Crippen LogP contribution in [0.1, 0.15) is 25.8 Å². The van der Waals surface area contributed by atoms with Gasteiger partial charge in [-0.2, -0.15) is 0 Å². The Kier molecular flexibility index (Phi) is 5.52. The van der Waals surface area contributed by atoms with Crippen LogP contribution in [0.2, 0.25) is 5.02 Å². The number of hydrogen-bond donors (Lipinski definition) is 0. The average molecular weight is 366 g/mol. The first-order valence-corrected chi connectivity index (χ1v) is 9.15. The molecule has 6 heteroatoms. The van der Waals surface area contributed by atoms with Gasteiger partial charge in [-0.15, -0.1) is 0 Å². The normalized spacial score (nSPS) is 25.7. The minimum atomic E-state index is -0.405. The highest BCUT2D eigenvalue weighted by Crippen LogP contribution is 2.30. The van der Waals surface area contributed by atoms with E-state index in [4.69, 9.17) is 21.1 Å². The number of fused-ring (bicyclic) bond motifs is 1. The van der Waals surface area contributed by atoms with Gasteiger partial charge in [0, 0.05) is 18.1 Å². The van der Waals surface area contributed by atoms with E-state index < -0.39 is 11.9 Å². The van der Waals surface area contributed by atoms with Gasteiger partial charge >= 0.3 is 5.97 Å². The molecule has 1 saturated heterocycles. The summed E-state index contributed by atoms with van der Waals surface area (Å²) < 4.78 is 10.9. The molecule has 0 bridgehead atoms. The molecule has 3 atom stereocenters. The fourth-order valence-electron chi connectivity index (χ4n) is 3.72. The maximum atomic E-state index is 12.3. The number of esters is 1. The van der Waals surface area contributed by atoms with Crippen LogP contribution in [0.25, 0.3) is 0 Å². The number of likely N-dealkylation sites (tertiary alicyclic amines) is 1. The molecule has 1 aromatic rings. The lowest BCUT2D eigenvalue weighted by molar-refractivity contribution is -0.157. The summed E-state index contributed by atoms with van der Waals surface area (Å²) in [6.45, 7) is 5.82. The highest BCUT2D eigenvalue weighted by atomic mass is 35.5. The molecule has 1 amide bonds. The molecule has 0 radical (unpaired) electrons. The van der Waals surface area contributed by atoms with E-state index in [0.717, 1.165) is 30.8 Å². The Morgan fingerprint density at radius 3 is 2.72 bits per heavy atom. The van der Waals surface area contributed by atoms with Crippen molar-refractivity contribution in [2.75, 3.05) is 26.3 Å². The second-order valence-electron chi connectivity index (χ2n) is 7.32. The molecule has 0 N–H and O–H groups in total. The number of hydrogen-bond acceptors (Lipinski definition) is 4. The van der Waals surface area contributed by atoms with Gasteiger partial charge in [-0.25, -0.2) is 0 Å². The Balaban J connectivity index is 1.52. The zero-order chi connectivity index (χ0) is 18.0. The first-order chi connectivity index (χ1) is 11.9. The fraction of sp³-hybridized carbons (Fsp3) is 0.579. The molecule has 2 heterocycles. The van der Waals surface area contributed by atoms with E-state index in [1.807, 2.05) is 0 Å². The van der Waals surface area contributed by atoms with Crippen LogP contribution in [0.5, 0.6) is 5.75 Å². The molecule has 0 spiro atoms. The number of benzene rings is 1. The van der Waals surface area contributed by atoms with Crippen molar-refractivity contribution in [3.63, 3.8) is 0 Å². The van der Waals surface area contributed by atoms with Crippen LogP contribution in [-0.4, -0.2) is 43.1 Å². The van der Waals surface area contributed by atoms with Crippen molar-refractivity contribution in [1.29, 1.82) is 0 Å². The largest absolute Gasteiger partial charge is 0.492 e. The van der Waals surface area contributed by atoms with E-state index >= 15 is 0 Å². The molecule has 2 aliphatic heterocycles. The lowest BCUT2D eigenvalue weighted by atomic mass is 9.92. The quantitative estimate of drug-likeness (QED) is 0.773. The number of carbonyl (C=O) groups excluding carboxylic acids is 2. The first-order valence-electron chi connectivity index (χ1n) is 8.78. The topological polar surface area (TPSA) is 55.8 Å². The van der Waals surface area contributed by atoms with Gasteiger partial charge < -0.3 is 14.4 Å². The number of nitrogens with zero attached hydrogens (tertiary/aromatic N) is 1. The number of amides is 1. The van der Waals surface area contributed by atoms with Crippen molar-refractivity contribution in [1.82, 2.24) is 4.90 Å². The third kappa shape index (κ3) is 4.46. The Labute approximate surface area is 153 Å². The van der Waals surface area contributed by atoms with Gasteiger partial charge in [-0.3, -0.25) is 9.59 Å². The zero-order valence-corrected chi connectivity index (χ0v) is 15.4. The highest BCUT2D eigenvalue weighted by molar-refractivity contribution is 6.30. The van der Waals surface area contributed by atoms with Crippen molar-refractivity contribution in [2.45, 2.75) is 26.7 Å². The molecular weight excluding hydrogens is 342 g/mol. The molecule has 0 saturated carbocycles. The van der Waals surface area contributed by atoms with E-state index in [2.05, 4.69) is 13.8 Å². The molecule has 2 aliphatic rings. The molecule has 3 rings (SSSR count). The minimum absolute atomic E-state index is 0.119. The van der Waals surface area contributed by atoms with Crippen molar-refractivity contribution < 1.29 is 19.1 Å². The molecule has 3 unspecified atom stereocenters. The zero-order valence-electron chi connectivity index (χ0n) is 14.7. The Morgan fingerprint density at radius 1 is 1.28 bits per heavy atom. The second-order valence-corrected chi connectivity index (χ2v) is 7.75. The predicted molar refractivity (Wildman–Crippen MR) is 94.6 cm³/mol. The van der Waals surface area contributed by atoms with E-state index in [0.29, 0.717) is 23.3 Å².